The molecule has 2 N–H and O–H groups in total. The van der Waals surface area contributed by atoms with Gasteiger partial charge in [0.1, 0.15) is 0 Å². The Morgan fingerprint density at radius 2 is 1.65 bits per heavy atom. The molecule has 0 aliphatic rings. The first-order chi connectivity index (χ1) is 11.1. The Labute approximate surface area is 141 Å². The summed E-state index contributed by atoms with van der Waals surface area (Å²) in [5.74, 6) is -0.122. The molecule has 0 aliphatic carbocycles. The quantitative estimate of drug-likeness (QED) is 0.269. The van der Waals surface area contributed by atoms with Crippen molar-refractivity contribution in [1.82, 2.24) is 0 Å². The van der Waals surface area contributed by atoms with Gasteiger partial charge in [0.2, 0.25) is 0 Å². The molecular weight excluding hydrogens is 292 g/mol. The van der Waals surface area contributed by atoms with Crippen molar-refractivity contribution >= 4 is 5.97 Å². The van der Waals surface area contributed by atoms with Gasteiger partial charge < -0.3 is 14.9 Å². The predicted octanol–water partition coefficient (Wildman–Crippen LogP) is 4.14. The van der Waals surface area contributed by atoms with Crippen LogP contribution >= 0.6 is 0 Å². The van der Waals surface area contributed by atoms with Crippen LogP contribution in [0.4, 0.5) is 0 Å². The number of hydrogen-bond donors (Lipinski definition) is 2. The second-order valence-electron chi connectivity index (χ2n) is 6.22. The molecule has 0 aromatic carbocycles. The van der Waals surface area contributed by atoms with E-state index in [1.54, 1.807) is 0 Å². The number of hydrogen-bond acceptors (Lipinski definition) is 4. The third-order valence-corrected chi connectivity index (χ3v) is 4.07. The molecule has 136 valence electrons. The van der Waals surface area contributed by atoms with E-state index in [2.05, 4.69) is 17.7 Å². The van der Waals surface area contributed by atoms with E-state index in [4.69, 9.17) is 0 Å². The topological polar surface area (TPSA) is 66.8 Å². The fraction of sp³-hybridized carbons (Fsp3) is 0.842. The van der Waals surface area contributed by atoms with E-state index in [-0.39, 0.29) is 5.97 Å². The highest BCUT2D eigenvalue weighted by molar-refractivity contribution is 5.68. The molecule has 0 aliphatic heterocycles. The van der Waals surface area contributed by atoms with Gasteiger partial charge in [-0.3, -0.25) is 4.79 Å². The summed E-state index contributed by atoms with van der Waals surface area (Å²) in [7, 11) is 1.43. The fourth-order valence-corrected chi connectivity index (χ4v) is 2.47. The Balaban J connectivity index is 3.44. The van der Waals surface area contributed by atoms with Crippen LogP contribution in [0.15, 0.2) is 12.2 Å². The number of unbranched alkanes of at least 4 members (excludes halogenated alkanes) is 7. The van der Waals surface area contributed by atoms with Crippen LogP contribution in [0.25, 0.3) is 0 Å². The minimum atomic E-state index is -0.638. The van der Waals surface area contributed by atoms with Crippen LogP contribution < -0.4 is 0 Å². The van der Waals surface area contributed by atoms with E-state index < -0.39 is 12.2 Å². The lowest BCUT2D eigenvalue weighted by Crippen LogP contribution is -2.25. The second-order valence-corrected chi connectivity index (χ2v) is 6.22. The summed E-state index contributed by atoms with van der Waals surface area (Å²) >= 11 is 0. The Morgan fingerprint density at radius 3 is 2.35 bits per heavy atom. The zero-order valence-electron chi connectivity index (χ0n) is 15.0. The number of methoxy groups -OCH3 is 1. The molecule has 4 nitrogen and oxygen atoms in total. The predicted molar refractivity (Wildman–Crippen MR) is 94.2 cm³/mol. The van der Waals surface area contributed by atoms with Crippen molar-refractivity contribution in [1.29, 1.82) is 0 Å². The third-order valence-electron chi connectivity index (χ3n) is 4.07. The summed E-state index contributed by atoms with van der Waals surface area (Å²) in [4.78, 5) is 10.9. The second kappa shape index (κ2) is 16.0. The van der Waals surface area contributed by atoms with Gasteiger partial charge in [-0.15, -0.1) is 0 Å². The van der Waals surface area contributed by atoms with Crippen LogP contribution in [0.5, 0.6) is 0 Å². The number of carbonyl (C=O) groups is 1. The minimum absolute atomic E-state index is 0.122. The van der Waals surface area contributed by atoms with Gasteiger partial charge >= 0.3 is 5.97 Å². The average molecular weight is 328 g/mol. The largest absolute Gasteiger partial charge is 0.469 e. The van der Waals surface area contributed by atoms with E-state index in [0.29, 0.717) is 19.3 Å². The monoisotopic (exact) mass is 328 g/mol. The summed E-state index contributed by atoms with van der Waals surface area (Å²) < 4.78 is 4.60. The van der Waals surface area contributed by atoms with Crippen molar-refractivity contribution in [3.8, 4) is 0 Å². The number of carbonyl (C=O) groups excluding carboxylic acids is 1. The molecule has 2 atom stereocenters. The molecule has 0 radical (unpaired) electrons. The maximum atomic E-state index is 10.9. The zero-order valence-corrected chi connectivity index (χ0v) is 15.0. The summed E-state index contributed by atoms with van der Waals surface area (Å²) in [6, 6.07) is 0. The maximum absolute atomic E-state index is 10.9. The number of esters is 1. The van der Waals surface area contributed by atoms with Crippen molar-refractivity contribution in [2.24, 2.45) is 0 Å². The van der Waals surface area contributed by atoms with Crippen LogP contribution in [0.2, 0.25) is 0 Å². The molecule has 0 saturated heterocycles. The molecule has 0 aromatic rings. The van der Waals surface area contributed by atoms with E-state index in [9.17, 15) is 15.0 Å². The molecule has 0 aromatic heterocycles. The lowest BCUT2D eigenvalue weighted by atomic mass is 10.0. The first-order valence-corrected chi connectivity index (χ1v) is 9.19. The van der Waals surface area contributed by atoms with Crippen molar-refractivity contribution in [2.45, 2.75) is 96.2 Å². The van der Waals surface area contributed by atoms with Crippen LogP contribution in [0, 0.1) is 0 Å². The number of aliphatic hydroxyl groups is 2. The number of allylic oxidation sites excluding steroid dienone is 1. The highest BCUT2D eigenvalue weighted by atomic mass is 16.5. The van der Waals surface area contributed by atoms with Gasteiger partial charge in [0.05, 0.1) is 19.3 Å². The summed E-state index contributed by atoms with van der Waals surface area (Å²) in [6.45, 7) is 2.13. The fourth-order valence-electron chi connectivity index (χ4n) is 2.47. The van der Waals surface area contributed by atoms with Gasteiger partial charge in [0.15, 0.2) is 0 Å². The minimum Gasteiger partial charge on any atom is -0.469 e. The SMILES string of the molecule is CCCCCC(O)C(O)CC=CCCCCCCCC(=O)OC. The molecular formula is C19H36O4. The molecule has 0 saturated carbocycles. The molecule has 0 spiro atoms. The van der Waals surface area contributed by atoms with Crippen molar-refractivity contribution < 1.29 is 19.7 Å². The number of ether oxygens (including phenoxy) is 1. The summed E-state index contributed by atoms with van der Waals surface area (Å²) in [5, 5.41) is 19.7. The van der Waals surface area contributed by atoms with Gasteiger partial charge in [-0.1, -0.05) is 57.6 Å². The molecule has 0 bridgehead atoms. The molecule has 23 heavy (non-hydrogen) atoms. The first-order valence-electron chi connectivity index (χ1n) is 9.19. The first kappa shape index (κ1) is 22.1. The standard InChI is InChI=1S/C19H36O4/c1-3-4-11-14-17(20)18(21)15-12-9-7-5-6-8-10-13-16-19(22)23-2/h9,12,17-18,20-21H,3-8,10-11,13-16H2,1-2H3. The lowest BCUT2D eigenvalue weighted by Gasteiger charge is -2.15. The molecule has 2 unspecified atom stereocenters. The number of aliphatic hydroxyl groups excluding tert-OH is 2. The number of rotatable bonds is 15. The van der Waals surface area contributed by atoms with Gasteiger partial charge in [-0.05, 0) is 32.1 Å². The van der Waals surface area contributed by atoms with Gasteiger partial charge in [-0.25, -0.2) is 0 Å². The van der Waals surface area contributed by atoms with Crippen LogP contribution in [-0.4, -0.2) is 35.5 Å². The Morgan fingerprint density at radius 1 is 0.957 bits per heavy atom. The molecule has 0 amide bonds. The molecule has 4 heteroatoms. The molecule has 0 heterocycles. The summed E-state index contributed by atoms with van der Waals surface area (Å²) in [5.41, 5.74) is 0. The van der Waals surface area contributed by atoms with Gasteiger partial charge in [0.25, 0.3) is 0 Å². The highest BCUT2D eigenvalue weighted by Crippen LogP contribution is 2.11. The van der Waals surface area contributed by atoms with E-state index in [1.807, 2.05) is 6.08 Å². The Bertz CT molecular complexity index is 302. The van der Waals surface area contributed by atoms with Gasteiger partial charge in [0, 0.05) is 6.42 Å². The lowest BCUT2D eigenvalue weighted by molar-refractivity contribution is -0.140. The normalized spacial score (nSPS) is 14.1. The van der Waals surface area contributed by atoms with Gasteiger partial charge in [-0.2, -0.15) is 0 Å². The van der Waals surface area contributed by atoms with Crippen LogP contribution in [0.3, 0.4) is 0 Å². The smallest absolute Gasteiger partial charge is 0.305 e. The molecule has 0 rings (SSSR count). The van der Waals surface area contributed by atoms with Crippen molar-refractivity contribution in [3.63, 3.8) is 0 Å². The zero-order chi connectivity index (χ0) is 17.3. The average Bonchev–Trinajstić information content (AvgIpc) is 2.56. The van der Waals surface area contributed by atoms with Crippen molar-refractivity contribution in [2.75, 3.05) is 7.11 Å². The summed E-state index contributed by atoms with van der Waals surface area (Å²) in [6.07, 6.45) is 14.2. The van der Waals surface area contributed by atoms with E-state index in [1.165, 1.54) is 7.11 Å². The highest BCUT2D eigenvalue weighted by Gasteiger charge is 2.13. The van der Waals surface area contributed by atoms with Crippen LogP contribution in [0.1, 0.15) is 84.0 Å². The van der Waals surface area contributed by atoms with E-state index >= 15 is 0 Å². The maximum Gasteiger partial charge on any atom is 0.305 e. The Kier molecular flexibility index (Phi) is 15.4. The molecule has 0 fully saturated rings. The third kappa shape index (κ3) is 14.5. The van der Waals surface area contributed by atoms with E-state index in [0.717, 1.165) is 57.8 Å². The van der Waals surface area contributed by atoms with Crippen molar-refractivity contribution in [3.05, 3.63) is 12.2 Å². The van der Waals surface area contributed by atoms with Crippen LogP contribution in [-0.2, 0) is 9.53 Å². The Hall–Kier alpha value is -0.870.